The van der Waals surface area contributed by atoms with Gasteiger partial charge in [-0.25, -0.2) is 0 Å². The topological polar surface area (TPSA) is 48.1 Å². The van der Waals surface area contributed by atoms with E-state index in [2.05, 4.69) is 20.6 Å². The van der Waals surface area contributed by atoms with Crippen LogP contribution in [-0.2, 0) is 0 Å². The summed E-state index contributed by atoms with van der Waals surface area (Å²) in [5, 5.41) is 13.7. The normalized spacial score (nSPS) is 23.6. The molecule has 1 heterocycles. The molecule has 0 aromatic rings. The Morgan fingerprint density at radius 2 is 2.00 bits per heavy atom. The highest BCUT2D eigenvalue weighted by atomic mass is 15.1. The first-order chi connectivity index (χ1) is 3.93. The van der Waals surface area contributed by atoms with Crippen LogP contribution in [0.4, 0.5) is 0 Å². The lowest BCUT2D eigenvalue weighted by Gasteiger charge is -2.46. The maximum Gasteiger partial charge on any atom is 0.0684 e. The van der Waals surface area contributed by atoms with E-state index >= 15 is 0 Å². The van der Waals surface area contributed by atoms with Crippen molar-refractivity contribution in [2.24, 2.45) is 0 Å². The van der Waals surface area contributed by atoms with Crippen molar-refractivity contribution >= 4 is 30.2 Å². The van der Waals surface area contributed by atoms with E-state index in [1.807, 2.05) is 0 Å². The summed E-state index contributed by atoms with van der Waals surface area (Å²) in [4.78, 5) is 0. The molecule has 8 heteroatoms. The molecule has 0 atom stereocenters. The third kappa shape index (κ3) is 1.56. The summed E-state index contributed by atoms with van der Waals surface area (Å²) in [5.74, 6) is 0. The summed E-state index contributed by atoms with van der Waals surface area (Å²) in [6, 6.07) is 0. The maximum atomic E-state index is 3.44. The Bertz CT molecular complexity index is 59.1. The van der Waals surface area contributed by atoms with Crippen LogP contribution in [0.3, 0.4) is 0 Å². The van der Waals surface area contributed by atoms with Crippen molar-refractivity contribution in [3.63, 3.8) is 0 Å². The highest BCUT2D eigenvalue weighted by Gasteiger charge is 1.87. The summed E-state index contributed by atoms with van der Waals surface area (Å²) in [6.45, 7) is 0. The van der Waals surface area contributed by atoms with Crippen LogP contribution in [0.25, 0.3) is 0 Å². The van der Waals surface area contributed by atoms with Crippen LogP contribution in [0.2, 0.25) is 0 Å². The first-order valence-electron chi connectivity index (χ1n) is 3.06. The van der Waals surface area contributed by atoms with Gasteiger partial charge in [0, 0.05) is 15.1 Å². The van der Waals surface area contributed by atoms with Gasteiger partial charge in [-0.3, -0.25) is 0 Å². The third-order valence-corrected chi connectivity index (χ3v) is 1.56. The molecule has 0 unspecified atom stereocenters. The zero-order valence-electron chi connectivity index (χ0n) is 4.71. The standard InChI is InChI=1S/B4H12N4/c1-5-4-7-2-6-3-8-4/h4-8H,2-3H2,1H3/q-4. The van der Waals surface area contributed by atoms with Crippen LogP contribution in [0.1, 0.15) is 0 Å². The van der Waals surface area contributed by atoms with Crippen molar-refractivity contribution in [1.29, 1.82) is 0 Å². The number of hydrogen-bond acceptors (Lipinski definition) is 4. The molecule has 1 aliphatic rings. The quantitative estimate of drug-likeness (QED) is 0.255. The molecule has 1 saturated heterocycles. The number of hydrogen-bond donors (Lipinski definition) is 4. The Balaban J connectivity index is 2.13. The predicted octanol–water partition coefficient (Wildman–Crippen LogP) is -5.65. The van der Waals surface area contributed by atoms with Gasteiger partial charge in [-0.05, 0) is 7.98 Å². The second kappa shape index (κ2) is 3.19. The van der Waals surface area contributed by atoms with E-state index in [0.29, 0.717) is 7.98 Å². The SMILES string of the molecule is [BH3-]N[BH-]1N[BH2-]N[BH2-]N1. The first kappa shape index (κ1) is 6.22. The van der Waals surface area contributed by atoms with Gasteiger partial charge in [-0.2, -0.15) is 0 Å². The molecule has 8 heavy (non-hydrogen) atoms. The number of nitrogens with one attached hydrogen (secondary N) is 4. The van der Waals surface area contributed by atoms with Gasteiger partial charge in [0.05, 0.1) is 7.12 Å². The highest BCUT2D eigenvalue weighted by Crippen LogP contribution is 1.60. The van der Waals surface area contributed by atoms with Gasteiger partial charge in [0.1, 0.15) is 0 Å². The fourth-order valence-electron chi connectivity index (χ4n) is 1.01. The molecule has 0 radical (unpaired) electrons. The summed E-state index contributed by atoms with van der Waals surface area (Å²) in [6.07, 6.45) is 0. The Kier molecular flexibility index (Phi) is 2.48. The van der Waals surface area contributed by atoms with E-state index in [1.54, 1.807) is 0 Å². The average Bonchev–Trinajstić information content (AvgIpc) is 1.90. The molecule has 4 nitrogen and oxygen atoms in total. The van der Waals surface area contributed by atoms with Crippen molar-refractivity contribution in [3.8, 4) is 0 Å². The summed E-state index contributed by atoms with van der Waals surface area (Å²) >= 11 is 0. The molecule has 0 spiro atoms. The Labute approximate surface area is 51.7 Å². The molecule has 4 N–H and O–H groups in total. The fraction of sp³-hybridized carbons (Fsp3) is 0. The third-order valence-electron chi connectivity index (χ3n) is 1.56. The highest BCUT2D eigenvalue weighted by molar-refractivity contribution is 6.75. The van der Waals surface area contributed by atoms with Crippen LogP contribution >= 0.6 is 0 Å². The van der Waals surface area contributed by atoms with Gasteiger partial charge in [-0.15, -0.1) is 0 Å². The van der Waals surface area contributed by atoms with Gasteiger partial charge in [-0.1, -0.05) is 0 Å². The Hall–Kier alpha value is 0.0997. The Morgan fingerprint density at radius 3 is 2.38 bits per heavy atom. The van der Waals surface area contributed by atoms with Crippen LogP contribution in [0, 0.1) is 0 Å². The van der Waals surface area contributed by atoms with Crippen molar-refractivity contribution in [2.45, 2.75) is 0 Å². The molecular formula is H12B4N4-4. The number of rotatable bonds is 1. The van der Waals surface area contributed by atoms with E-state index in [4.69, 9.17) is 0 Å². The fourth-order valence-corrected chi connectivity index (χ4v) is 1.01. The van der Waals surface area contributed by atoms with Crippen LogP contribution in [0.5, 0.6) is 0 Å². The van der Waals surface area contributed by atoms with Crippen molar-refractivity contribution < 1.29 is 0 Å². The van der Waals surface area contributed by atoms with Crippen molar-refractivity contribution in [3.05, 3.63) is 0 Å². The molecule has 0 aliphatic carbocycles. The second-order valence-electron chi connectivity index (χ2n) is 2.24. The Morgan fingerprint density at radius 1 is 1.38 bits per heavy atom. The minimum absolute atomic E-state index is 0.0625. The van der Waals surface area contributed by atoms with E-state index in [-0.39, 0.29) is 22.2 Å². The molecule has 0 amide bonds. The van der Waals surface area contributed by atoms with Crippen LogP contribution in [-0.4, -0.2) is 30.2 Å². The zero-order valence-corrected chi connectivity index (χ0v) is 4.71. The molecule has 1 rings (SSSR count). The van der Waals surface area contributed by atoms with Gasteiger partial charge < -0.3 is 20.6 Å². The summed E-state index contributed by atoms with van der Waals surface area (Å²) in [7, 11) is 0.302. The van der Waals surface area contributed by atoms with Crippen molar-refractivity contribution in [1.82, 2.24) is 20.6 Å². The second-order valence-corrected chi connectivity index (χ2v) is 2.24. The molecular weight excluding hydrogens is 99.3 g/mol. The molecule has 1 fully saturated rings. The average molecular weight is 111 g/mol. The zero-order chi connectivity index (χ0) is 5.82. The summed E-state index contributed by atoms with van der Waals surface area (Å²) in [5.41, 5.74) is 0. The molecule has 0 aromatic carbocycles. The molecule has 48 valence electrons. The largest absolute Gasteiger partial charge is 0.657 e. The lowest BCUT2D eigenvalue weighted by molar-refractivity contribution is 1.18. The lowest BCUT2D eigenvalue weighted by Crippen LogP contribution is -2.69. The van der Waals surface area contributed by atoms with Crippen LogP contribution < -0.4 is 20.6 Å². The molecule has 0 bridgehead atoms. The molecule has 0 saturated carbocycles. The minimum Gasteiger partial charge on any atom is -0.657 e. The maximum absolute atomic E-state index is 3.44. The van der Waals surface area contributed by atoms with Gasteiger partial charge in [0.25, 0.3) is 0 Å². The van der Waals surface area contributed by atoms with Gasteiger partial charge >= 0.3 is 0 Å². The van der Waals surface area contributed by atoms with E-state index in [1.165, 1.54) is 0 Å². The van der Waals surface area contributed by atoms with Crippen molar-refractivity contribution in [2.75, 3.05) is 0 Å². The van der Waals surface area contributed by atoms with Gasteiger partial charge in [0.2, 0.25) is 0 Å². The van der Waals surface area contributed by atoms with E-state index < -0.39 is 0 Å². The lowest BCUT2D eigenvalue weighted by atomic mass is 9.74. The van der Waals surface area contributed by atoms with E-state index in [0.717, 1.165) is 0 Å². The predicted molar refractivity (Wildman–Crippen MR) is 46.7 cm³/mol. The first-order valence-corrected chi connectivity index (χ1v) is 3.06. The smallest absolute Gasteiger partial charge is 0.0684 e. The minimum atomic E-state index is -0.219. The molecule has 0 aromatic heterocycles. The summed E-state index contributed by atoms with van der Waals surface area (Å²) < 4.78 is 0. The molecule has 1 aliphatic heterocycles. The van der Waals surface area contributed by atoms with Gasteiger partial charge in [0.15, 0.2) is 0 Å². The van der Waals surface area contributed by atoms with E-state index in [9.17, 15) is 0 Å². The monoisotopic (exact) mass is 112 g/mol. The van der Waals surface area contributed by atoms with Crippen LogP contribution in [0.15, 0.2) is 0 Å².